The normalized spacial score (nSPS) is 15.1. The minimum absolute atomic E-state index is 0.123. The van der Waals surface area contributed by atoms with Gasteiger partial charge in [0, 0.05) is 10.7 Å². The third-order valence-electron chi connectivity index (χ3n) is 4.08. The number of halogens is 1. The minimum Gasteiger partial charge on any atom is -0.463 e. The van der Waals surface area contributed by atoms with Gasteiger partial charge in [-0.15, -0.1) is 0 Å². The van der Waals surface area contributed by atoms with E-state index in [1.54, 1.807) is 48.5 Å². The molecule has 7 nitrogen and oxygen atoms in total. The molecule has 1 saturated heterocycles. The molecular formula is C20H12ClN3O4S2. The number of fused-ring (bicyclic) bond motifs is 1. The number of anilines is 1. The van der Waals surface area contributed by atoms with E-state index in [4.69, 9.17) is 28.2 Å². The van der Waals surface area contributed by atoms with Gasteiger partial charge in [0.1, 0.15) is 11.8 Å². The van der Waals surface area contributed by atoms with Gasteiger partial charge in [0.2, 0.25) is 0 Å². The van der Waals surface area contributed by atoms with Crippen LogP contribution in [0.25, 0.3) is 17.0 Å². The Hall–Kier alpha value is -3.14. The van der Waals surface area contributed by atoms with Crippen molar-refractivity contribution in [3.8, 4) is 0 Å². The van der Waals surface area contributed by atoms with Crippen LogP contribution in [-0.4, -0.2) is 21.3 Å². The van der Waals surface area contributed by atoms with Crippen LogP contribution in [0.5, 0.6) is 0 Å². The van der Waals surface area contributed by atoms with E-state index in [9.17, 15) is 14.4 Å². The van der Waals surface area contributed by atoms with Crippen molar-refractivity contribution in [1.29, 1.82) is 0 Å². The van der Waals surface area contributed by atoms with Gasteiger partial charge < -0.3 is 9.73 Å². The van der Waals surface area contributed by atoms with Gasteiger partial charge in [-0.1, -0.05) is 41.6 Å². The van der Waals surface area contributed by atoms with Gasteiger partial charge in [0.05, 0.1) is 15.9 Å². The Morgan fingerprint density at radius 2 is 1.97 bits per heavy atom. The van der Waals surface area contributed by atoms with Crippen molar-refractivity contribution >= 4 is 74.6 Å². The highest BCUT2D eigenvalue weighted by atomic mass is 35.5. The van der Waals surface area contributed by atoms with Crippen LogP contribution < -0.4 is 16.2 Å². The van der Waals surface area contributed by atoms with Crippen molar-refractivity contribution in [2.45, 2.75) is 0 Å². The Morgan fingerprint density at radius 1 is 1.17 bits per heavy atom. The molecule has 1 fully saturated rings. The molecule has 2 N–H and O–H groups in total. The average Bonchev–Trinajstić information content (AvgIpc) is 2.97. The molecule has 3 aromatic rings. The Bertz CT molecular complexity index is 1290. The Kier molecular flexibility index (Phi) is 5.58. The second-order valence-electron chi connectivity index (χ2n) is 6.11. The Labute approximate surface area is 184 Å². The monoisotopic (exact) mass is 457 g/mol. The molecule has 1 aliphatic rings. The number of nitrogens with zero attached hydrogens (tertiary/aromatic N) is 1. The molecule has 2 aromatic carbocycles. The van der Waals surface area contributed by atoms with Gasteiger partial charge in [-0.25, -0.2) is 10.2 Å². The van der Waals surface area contributed by atoms with Crippen LogP contribution in [0.4, 0.5) is 10.5 Å². The van der Waals surface area contributed by atoms with E-state index in [1.807, 2.05) is 0 Å². The van der Waals surface area contributed by atoms with E-state index in [0.29, 0.717) is 21.7 Å². The van der Waals surface area contributed by atoms with Crippen molar-refractivity contribution < 1.29 is 14.0 Å². The van der Waals surface area contributed by atoms with Crippen LogP contribution in [0.3, 0.4) is 0 Å². The fraction of sp³-hybridized carbons (Fsp3) is 0. The zero-order chi connectivity index (χ0) is 21.3. The van der Waals surface area contributed by atoms with Gasteiger partial charge in [0.25, 0.3) is 5.91 Å². The fourth-order valence-electron chi connectivity index (χ4n) is 2.72. The highest BCUT2D eigenvalue weighted by Crippen LogP contribution is 2.31. The van der Waals surface area contributed by atoms with Crippen LogP contribution >= 0.6 is 35.6 Å². The van der Waals surface area contributed by atoms with Crippen LogP contribution in [0.15, 0.2) is 68.9 Å². The summed E-state index contributed by atoms with van der Waals surface area (Å²) in [5, 5.41) is 4.36. The summed E-state index contributed by atoms with van der Waals surface area (Å²) < 4.78 is 5.58. The number of amides is 3. The molecule has 3 amide bonds. The zero-order valence-electron chi connectivity index (χ0n) is 15.0. The molecule has 150 valence electrons. The predicted molar refractivity (Wildman–Crippen MR) is 121 cm³/mol. The summed E-state index contributed by atoms with van der Waals surface area (Å²) in [6.07, 6.45) is 2.69. The smallest absolute Gasteiger partial charge is 0.338 e. The summed E-state index contributed by atoms with van der Waals surface area (Å²) in [7, 11) is 0. The summed E-state index contributed by atoms with van der Waals surface area (Å²) in [4.78, 5) is 37.7. The molecule has 1 aromatic heterocycles. The third kappa shape index (κ3) is 4.09. The summed E-state index contributed by atoms with van der Waals surface area (Å²) >= 11 is 12.0. The second kappa shape index (κ2) is 8.31. The van der Waals surface area contributed by atoms with Crippen LogP contribution in [0.1, 0.15) is 5.56 Å². The summed E-state index contributed by atoms with van der Waals surface area (Å²) in [6, 6.07) is 12.7. The van der Waals surface area contributed by atoms with E-state index in [2.05, 4.69) is 10.7 Å². The average molecular weight is 458 g/mol. The van der Waals surface area contributed by atoms with Crippen molar-refractivity contribution in [2.24, 2.45) is 0 Å². The molecule has 2 heterocycles. The summed E-state index contributed by atoms with van der Waals surface area (Å²) in [6.45, 7) is 0. The number of carbonyl (C=O) groups is 2. The summed E-state index contributed by atoms with van der Waals surface area (Å²) in [5.41, 5.74) is 3.23. The number of hydrogen-bond acceptors (Lipinski definition) is 6. The first-order valence-corrected chi connectivity index (χ1v) is 10.1. The lowest BCUT2D eigenvalue weighted by Gasteiger charge is -2.16. The molecule has 0 bridgehead atoms. The number of thioether (sulfide) groups is 1. The van der Waals surface area contributed by atoms with Gasteiger partial charge >= 0.3 is 6.03 Å². The molecule has 0 unspecified atom stereocenters. The van der Waals surface area contributed by atoms with E-state index >= 15 is 0 Å². The number of thiocarbonyl (C=S) groups is 1. The standard InChI is InChI=1S/C20H12ClN3O4S2/c21-12-4-3-5-13(9-12)22-19(27)23-24-18(26)16(30-20(24)29)8-11-10-28-15-7-2-1-6-14(15)17(11)25/h1-10H,(H2,22,23,27)/b16-8-. The van der Waals surface area contributed by atoms with Crippen LogP contribution in [0, 0.1) is 0 Å². The van der Waals surface area contributed by atoms with Gasteiger partial charge in [-0.2, -0.15) is 5.01 Å². The highest BCUT2D eigenvalue weighted by Gasteiger charge is 2.34. The molecule has 10 heteroatoms. The fourth-order valence-corrected chi connectivity index (χ4v) is 4.09. The lowest BCUT2D eigenvalue weighted by atomic mass is 10.1. The first kappa shape index (κ1) is 20.1. The van der Waals surface area contributed by atoms with E-state index in [1.165, 1.54) is 12.3 Å². The van der Waals surface area contributed by atoms with E-state index in [-0.39, 0.29) is 20.2 Å². The van der Waals surface area contributed by atoms with Crippen molar-refractivity contribution in [3.05, 3.63) is 80.5 Å². The number of hydrazine groups is 1. The molecule has 4 rings (SSSR count). The van der Waals surface area contributed by atoms with Gasteiger partial charge in [-0.3, -0.25) is 9.59 Å². The highest BCUT2D eigenvalue weighted by molar-refractivity contribution is 8.26. The molecular weight excluding hydrogens is 446 g/mol. The van der Waals surface area contributed by atoms with E-state index in [0.717, 1.165) is 16.8 Å². The molecule has 0 atom stereocenters. The van der Waals surface area contributed by atoms with Crippen LogP contribution in [0.2, 0.25) is 5.02 Å². The molecule has 1 aliphatic heterocycles. The molecule has 0 radical (unpaired) electrons. The van der Waals surface area contributed by atoms with Gasteiger partial charge in [-0.05, 0) is 48.6 Å². The van der Waals surface area contributed by atoms with Gasteiger partial charge in [0.15, 0.2) is 9.75 Å². The summed E-state index contributed by atoms with van der Waals surface area (Å²) in [5.74, 6) is -0.557. The first-order valence-electron chi connectivity index (χ1n) is 8.54. The quantitative estimate of drug-likeness (QED) is 0.448. The number of urea groups is 1. The SMILES string of the molecule is O=C(Nc1cccc(Cl)c1)NN1C(=O)/C(=C/c2coc3ccccc3c2=O)SC1=S. The number of rotatable bonds is 3. The number of carbonyl (C=O) groups excluding carboxylic acids is 2. The van der Waals surface area contributed by atoms with E-state index < -0.39 is 11.9 Å². The predicted octanol–water partition coefficient (Wildman–Crippen LogP) is 4.38. The minimum atomic E-state index is -0.667. The van der Waals surface area contributed by atoms with Crippen molar-refractivity contribution in [2.75, 3.05) is 5.32 Å². The maximum absolute atomic E-state index is 12.7. The first-order chi connectivity index (χ1) is 14.4. The molecule has 0 spiro atoms. The molecule has 0 saturated carbocycles. The second-order valence-corrected chi connectivity index (χ2v) is 8.22. The van der Waals surface area contributed by atoms with Crippen LogP contribution in [-0.2, 0) is 4.79 Å². The maximum atomic E-state index is 12.7. The number of hydrogen-bond donors (Lipinski definition) is 2. The molecule has 30 heavy (non-hydrogen) atoms. The van der Waals surface area contributed by atoms with Crippen molar-refractivity contribution in [1.82, 2.24) is 10.4 Å². The lowest BCUT2D eigenvalue weighted by Crippen LogP contribution is -2.46. The largest absolute Gasteiger partial charge is 0.463 e. The third-order valence-corrected chi connectivity index (χ3v) is 5.62. The number of benzene rings is 2. The number of nitrogens with one attached hydrogen (secondary N) is 2. The number of para-hydroxylation sites is 1. The Balaban J connectivity index is 1.53. The lowest BCUT2D eigenvalue weighted by molar-refractivity contribution is -0.123. The molecule has 0 aliphatic carbocycles. The maximum Gasteiger partial charge on any atom is 0.338 e. The topological polar surface area (TPSA) is 91.7 Å². The van der Waals surface area contributed by atoms with Crippen molar-refractivity contribution in [3.63, 3.8) is 0 Å². The zero-order valence-corrected chi connectivity index (χ0v) is 17.4. The Morgan fingerprint density at radius 3 is 2.77 bits per heavy atom.